The molecule has 0 saturated heterocycles. The Balaban J connectivity index is 4.26. The van der Waals surface area contributed by atoms with E-state index in [0.29, 0.717) is 5.76 Å². The topological polar surface area (TPSA) is 23.5 Å². The second kappa shape index (κ2) is 5.47. The Bertz CT molecular complexity index is 194. The van der Waals surface area contributed by atoms with Crippen molar-refractivity contribution < 1.29 is 5.11 Å². The maximum absolute atomic E-state index is 9.43. The molecule has 0 spiro atoms. The van der Waals surface area contributed by atoms with Crippen molar-refractivity contribution in [3.63, 3.8) is 0 Å². The van der Waals surface area contributed by atoms with Crippen LogP contribution in [0.4, 0.5) is 0 Å². The summed E-state index contributed by atoms with van der Waals surface area (Å²) in [5, 5.41) is 9.43. The number of allylic oxidation sites excluding steroid dienone is 3. The first-order valence-corrected chi connectivity index (χ1v) is 3.99. The molecule has 0 aliphatic carbocycles. The van der Waals surface area contributed by atoms with Crippen molar-refractivity contribution in [3.05, 3.63) is 36.8 Å². The van der Waals surface area contributed by atoms with E-state index in [1.807, 2.05) is 38.1 Å². The van der Waals surface area contributed by atoms with Gasteiger partial charge >= 0.3 is 0 Å². The van der Waals surface area contributed by atoms with Gasteiger partial charge in [-0.25, -0.2) is 0 Å². The number of hydrogen-bond donors (Lipinski definition) is 1. The van der Waals surface area contributed by atoms with Gasteiger partial charge < -0.3 is 10.0 Å². The molecule has 0 aliphatic heterocycles. The molecule has 0 aromatic heterocycles. The number of hydrogen-bond acceptors (Lipinski definition) is 2. The Morgan fingerprint density at radius 2 is 2.17 bits per heavy atom. The molecular formula is C10H17NO. The molecule has 0 saturated carbocycles. The standard InChI is InChI=1S/C10H17NO/c1-5-7-10(12)9(3)11(4)8-6-2/h5-9,12H,1H2,2-4H3/b8-6-,10-7+. The van der Waals surface area contributed by atoms with E-state index >= 15 is 0 Å². The molecule has 0 heterocycles. The van der Waals surface area contributed by atoms with Gasteiger partial charge in [0.2, 0.25) is 0 Å². The molecule has 1 N–H and O–H groups in total. The molecule has 0 amide bonds. The highest BCUT2D eigenvalue weighted by atomic mass is 16.3. The summed E-state index contributed by atoms with van der Waals surface area (Å²) in [6.07, 6.45) is 7.02. The second-order valence-corrected chi connectivity index (χ2v) is 2.65. The summed E-state index contributed by atoms with van der Waals surface area (Å²) in [4.78, 5) is 1.93. The van der Waals surface area contributed by atoms with Crippen LogP contribution in [0, 0.1) is 0 Å². The van der Waals surface area contributed by atoms with E-state index in [9.17, 15) is 5.11 Å². The third kappa shape index (κ3) is 3.28. The average molecular weight is 167 g/mol. The highest BCUT2D eigenvalue weighted by molar-refractivity contribution is 5.09. The molecule has 1 atom stereocenters. The summed E-state index contributed by atoms with van der Waals surface area (Å²) in [6.45, 7) is 7.38. The van der Waals surface area contributed by atoms with E-state index in [1.165, 1.54) is 0 Å². The van der Waals surface area contributed by atoms with Crippen molar-refractivity contribution >= 4 is 0 Å². The summed E-state index contributed by atoms with van der Waals surface area (Å²) in [7, 11) is 1.91. The second-order valence-electron chi connectivity index (χ2n) is 2.65. The fourth-order valence-corrected chi connectivity index (χ4v) is 0.833. The summed E-state index contributed by atoms with van der Waals surface area (Å²) in [5.74, 6) is 0.325. The fraction of sp³-hybridized carbons (Fsp3) is 0.400. The van der Waals surface area contributed by atoms with Gasteiger partial charge in [0.1, 0.15) is 5.76 Å². The number of likely N-dealkylation sites (N-methyl/N-ethyl adjacent to an activating group) is 1. The van der Waals surface area contributed by atoms with E-state index in [2.05, 4.69) is 6.58 Å². The predicted octanol–water partition coefficient (Wildman–Crippen LogP) is 2.47. The first-order chi connectivity index (χ1) is 5.63. The van der Waals surface area contributed by atoms with Gasteiger partial charge in [0, 0.05) is 7.05 Å². The first-order valence-electron chi connectivity index (χ1n) is 3.99. The normalized spacial score (nSPS) is 14.8. The van der Waals surface area contributed by atoms with Crippen molar-refractivity contribution in [2.45, 2.75) is 19.9 Å². The van der Waals surface area contributed by atoms with Crippen LogP contribution in [0.25, 0.3) is 0 Å². The van der Waals surface area contributed by atoms with Crippen molar-refractivity contribution in [3.8, 4) is 0 Å². The zero-order valence-electron chi connectivity index (χ0n) is 7.99. The van der Waals surface area contributed by atoms with Crippen LogP contribution in [0.3, 0.4) is 0 Å². The van der Waals surface area contributed by atoms with Crippen molar-refractivity contribution in [2.75, 3.05) is 7.05 Å². The molecule has 0 aromatic rings. The largest absolute Gasteiger partial charge is 0.510 e. The summed E-state index contributed by atoms with van der Waals surface area (Å²) in [5.41, 5.74) is 0. The maximum Gasteiger partial charge on any atom is 0.114 e. The van der Waals surface area contributed by atoms with Crippen LogP contribution in [-0.2, 0) is 0 Å². The lowest BCUT2D eigenvalue weighted by Crippen LogP contribution is -2.25. The van der Waals surface area contributed by atoms with Crippen LogP contribution in [-0.4, -0.2) is 23.1 Å². The predicted molar refractivity (Wildman–Crippen MR) is 52.9 cm³/mol. The monoisotopic (exact) mass is 167 g/mol. The molecule has 0 radical (unpaired) electrons. The van der Waals surface area contributed by atoms with Crippen molar-refractivity contribution in [1.29, 1.82) is 0 Å². The van der Waals surface area contributed by atoms with Gasteiger partial charge in [-0.3, -0.25) is 0 Å². The fourth-order valence-electron chi connectivity index (χ4n) is 0.833. The van der Waals surface area contributed by atoms with E-state index < -0.39 is 0 Å². The molecule has 2 nitrogen and oxygen atoms in total. The van der Waals surface area contributed by atoms with E-state index in [4.69, 9.17) is 0 Å². The van der Waals surface area contributed by atoms with Gasteiger partial charge in [-0.1, -0.05) is 18.7 Å². The van der Waals surface area contributed by atoms with E-state index in [1.54, 1.807) is 12.2 Å². The minimum absolute atomic E-state index is 0.000741. The summed E-state index contributed by atoms with van der Waals surface area (Å²) >= 11 is 0. The molecule has 0 bridgehead atoms. The maximum atomic E-state index is 9.43. The molecule has 0 fully saturated rings. The molecule has 1 unspecified atom stereocenters. The Kier molecular flexibility index (Phi) is 4.93. The molecule has 12 heavy (non-hydrogen) atoms. The minimum atomic E-state index is -0.000741. The molecule has 0 aromatic carbocycles. The SMILES string of the molecule is C=C/C=C(/O)C(C)N(C)/C=C\C. The first kappa shape index (κ1) is 10.8. The van der Waals surface area contributed by atoms with Gasteiger partial charge in [-0.05, 0) is 26.1 Å². The highest BCUT2D eigenvalue weighted by Gasteiger charge is 2.08. The summed E-state index contributed by atoms with van der Waals surface area (Å²) in [6, 6.07) is -0.000741. The average Bonchev–Trinajstić information content (AvgIpc) is 2.04. The molecule has 68 valence electrons. The Labute approximate surface area is 74.5 Å². The van der Waals surface area contributed by atoms with Gasteiger partial charge in [-0.2, -0.15) is 0 Å². The van der Waals surface area contributed by atoms with E-state index in [-0.39, 0.29) is 6.04 Å². The minimum Gasteiger partial charge on any atom is -0.510 e. The number of aliphatic hydroxyl groups excluding tert-OH is 1. The number of rotatable bonds is 4. The Morgan fingerprint density at radius 1 is 1.58 bits per heavy atom. The zero-order chi connectivity index (χ0) is 9.56. The zero-order valence-corrected chi connectivity index (χ0v) is 7.99. The lowest BCUT2D eigenvalue weighted by molar-refractivity contribution is 0.276. The van der Waals surface area contributed by atoms with Crippen LogP contribution in [0.2, 0.25) is 0 Å². The van der Waals surface area contributed by atoms with Gasteiger partial charge in [0.15, 0.2) is 0 Å². The number of aliphatic hydroxyl groups is 1. The van der Waals surface area contributed by atoms with Crippen LogP contribution < -0.4 is 0 Å². The smallest absolute Gasteiger partial charge is 0.114 e. The van der Waals surface area contributed by atoms with Crippen LogP contribution >= 0.6 is 0 Å². The molecule has 2 heteroatoms. The van der Waals surface area contributed by atoms with E-state index in [0.717, 1.165) is 0 Å². The Hall–Kier alpha value is -1.18. The number of nitrogens with zero attached hydrogens (tertiary/aromatic N) is 1. The summed E-state index contributed by atoms with van der Waals surface area (Å²) < 4.78 is 0. The third-order valence-electron chi connectivity index (χ3n) is 1.71. The molecule has 0 aliphatic rings. The van der Waals surface area contributed by atoms with Crippen LogP contribution in [0.5, 0.6) is 0 Å². The van der Waals surface area contributed by atoms with Crippen molar-refractivity contribution in [1.82, 2.24) is 4.90 Å². The lowest BCUT2D eigenvalue weighted by atomic mass is 10.2. The highest BCUT2D eigenvalue weighted by Crippen LogP contribution is 2.05. The lowest BCUT2D eigenvalue weighted by Gasteiger charge is -2.21. The van der Waals surface area contributed by atoms with Crippen molar-refractivity contribution in [2.24, 2.45) is 0 Å². The van der Waals surface area contributed by atoms with Crippen LogP contribution in [0.15, 0.2) is 36.8 Å². The Morgan fingerprint density at radius 3 is 2.58 bits per heavy atom. The van der Waals surface area contributed by atoms with Crippen LogP contribution in [0.1, 0.15) is 13.8 Å². The van der Waals surface area contributed by atoms with Gasteiger partial charge in [0.25, 0.3) is 0 Å². The molecular weight excluding hydrogens is 150 g/mol. The van der Waals surface area contributed by atoms with Gasteiger partial charge in [-0.15, -0.1) is 0 Å². The quantitative estimate of drug-likeness (QED) is 0.513. The molecule has 0 rings (SSSR count). The van der Waals surface area contributed by atoms with Gasteiger partial charge in [0.05, 0.1) is 6.04 Å². The third-order valence-corrected chi connectivity index (χ3v) is 1.71.